The molecule has 0 saturated heterocycles. The lowest BCUT2D eigenvalue weighted by atomic mass is 10.5. The van der Waals surface area contributed by atoms with Crippen LogP contribution in [0.3, 0.4) is 0 Å². The standard InChI is InChI=1S/C5H3NO.CH2O/c6-4-5-2-1-3-7-5;1-2/h1-3H;1H2. The molecular weight excluding hydrogens is 118 g/mol. The highest BCUT2D eigenvalue weighted by Crippen LogP contribution is 1.94. The van der Waals surface area contributed by atoms with Crippen molar-refractivity contribution in [1.29, 1.82) is 5.26 Å². The van der Waals surface area contributed by atoms with Gasteiger partial charge in [0.15, 0.2) is 0 Å². The minimum Gasteiger partial charge on any atom is -0.454 e. The highest BCUT2D eigenvalue weighted by Gasteiger charge is 1.84. The van der Waals surface area contributed by atoms with Gasteiger partial charge in [-0.3, -0.25) is 0 Å². The molecule has 0 N–H and O–H groups in total. The zero-order valence-electron chi connectivity index (χ0n) is 4.70. The quantitative estimate of drug-likeness (QED) is 0.516. The summed E-state index contributed by atoms with van der Waals surface area (Å²) >= 11 is 0. The van der Waals surface area contributed by atoms with Crippen molar-refractivity contribution in [3.8, 4) is 6.07 Å². The average Bonchev–Trinajstić information content (AvgIpc) is 2.43. The molecule has 9 heavy (non-hydrogen) atoms. The summed E-state index contributed by atoms with van der Waals surface area (Å²) in [6.45, 7) is 2.00. The molecule has 1 aromatic rings. The summed E-state index contributed by atoms with van der Waals surface area (Å²) in [5, 5.41) is 8.08. The molecule has 0 bridgehead atoms. The highest BCUT2D eigenvalue weighted by atomic mass is 16.3. The third-order valence-corrected chi connectivity index (χ3v) is 0.631. The van der Waals surface area contributed by atoms with Crippen LogP contribution in [0.1, 0.15) is 5.76 Å². The summed E-state index contributed by atoms with van der Waals surface area (Å²) in [6.07, 6.45) is 1.47. The smallest absolute Gasteiger partial charge is 0.203 e. The van der Waals surface area contributed by atoms with Gasteiger partial charge in [-0.1, -0.05) is 0 Å². The van der Waals surface area contributed by atoms with Crippen LogP contribution in [0.25, 0.3) is 0 Å². The first-order valence-corrected chi connectivity index (χ1v) is 2.16. The molecule has 0 aliphatic carbocycles. The Bertz CT molecular complexity index is 185. The summed E-state index contributed by atoms with van der Waals surface area (Å²) in [4.78, 5) is 8.00. The van der Waals surface area contributed by atoms with Crippen LogP contribution >= 0.6 is 0 Å². The minimum absolute atomic E-state index is 0.361. The Morgan fingerprint density at radius 2 is 2.33 bits per heavy atom. The fraction of sp³-hybridized carbons (Fsp3) is 0. The molecule has 1 rings (SSSR count). The molecule has 1 aromatic heterocycles. The Balaban J connectivity index is 0.000000291. The monoisotopic (exact) mass is 123 g/mol. The van der Waals surface area contributed by atoms with Gasteiger partial charge >= 0.3 is 0 Å². The van der Waals surface area contributed by atoms with Gasteiger partial charge < -0.3 is 9.21 Å². The fourth-order valence-corrected chi connectivity index (χ4v) is 0.342. The van der Waals surface area contributed by atoms with Crippen LogP contribution in [0.5, 0.6) is 0 Å². The molecule has 0 aliphatic heterocycles. The Labute approximate surface area is 52.5 Å². The normalized spacial score (nSPS) is 6.56. The van der Waals surface area contributed by atoms with E-state index in [1.807, 2.05) is 12.9 Å². The summed E-state index contributed by atoms with van der Waals surface area (Å²) in [5.41, 5.74) is 0. The van der Waals surface area contributed by atoms with Gasteiger partial charge in [0, 0.05) is 0 Å². The predicted octanol–water partition coefficient (Wildman–Crippen LogP) is 0.966. The number of nitriles is 1. The minimum atomic E-state index is 0.361. The molecule has 46 valence electrons. The number of nitrogens with zero attached hydrogens (tertiary/aromatic N) is 1. The van der Waals surface area contributed by atoms with E-state index in [-0.39, 0.29) is 0 Å². The number of hydrogen-bond acceptors (Lipinski definition) is 3. The van der Waals surface area contributed by atoms with Crippen LogP contribution in [0.15, 0.2) is 22.8 Å². The second-order valence-electron chi connectivity index (χ2n) is 1.09. The Hall–Kier alpha value is -1.56. The van der Waals surface area contributed by atoms with Crippen LogP contribution in [0.2, 0.25) is 0 Å². The molecule has 0 radical (unpaired) electrons. The molecule has 0 unspecified atom stereocenters. The van der Waals surface area contributed by atoms with E-state index in [0.717, 1.165) is 0 Å². The third kappa shape index (κ3) is 2.29. The molecular formula is C6H5NO2. The molecule has 0 saturated carbocycles. The van der Waals surface area contributed by atoms with Crippen LogP contribution < -0.4 is 0 Å². The van der Waals surface area contributed by atoms with Gasteiger partial charge in [0.2, 0.25) is 5.76 Å². The zero-order chi connectivity index (χ0) is 7.11. The van der Waals surface area contributed by atoms with Gasteiger partial charge in [0.25, 0.3) is 0 Å². The number of carbonyl (C=O) groups is 1. The van der Waals surface area contributed by atoms with Crippen molar-refractivity contribution in [2.45, 2.75) is 0 Å². The van der Waals surface area contributed by atoms with E-state index in [9.17, 15) is 0 Å². The molecule has 0 amide bonds. The highest BCUT2D eigenvalue weighted by molar-refractivity contribution is 5.14. The summed E-state index contributed by atoms with van der Waals surface area (Å²) in [7, 11) is 0. The predicted molar refractivity (Wildman–Crippen MR) is 30.5 cm³/mol. The topological polar surface area (TPSA) is 54.0 Å². The number of rotatable bonds is 0. The molecule has 0 atom stereocenters. The van der Waals surface area contributed by atoms with Crippen molar-refractivity contribution < 1.29 is 9.21 Å². The van der Waals surface area contributed by atoms with E-state index in [0.29, 0.717) is 5.76 Å². The lowest BCUT2D eigenvalue weighted by Gasteiger charge is -1.65. The maximum Gasteiger partial charge on any atom is 0.203 e. The fourth-order valence-electron chi connectivity index (χ4n) is 0.342. The second-order valence-corrected chi connectivity index (χ2v) is 1.09. The first-order chi connectivity index (χ1) is 4.43. The van der Waals surface area contributed by atoms with Gasteiger partial charge in [-0.2, -0.15) is 5.26 Å². The molecule has 0 spiro atoms. The first-order valence-electron chi connectivity index (χ1n) is 2.16. The number of hydrogen-bond donors (Lipinski definition) is 0. The van der Waals surface area contributed by atoms with Gasteiger partial charge in [0.1, 0.15) is 12.9 Å². The van der Waals surface area contributed by atoms with Crippen molar-refractivity contribution in [1.82, 2.24) is 0 Å². The molecule has 0 aliphatic rings. The maximum absolute atomic E-state index is 8.08. The Morgan fingerprint density at radius 1 is 1.67 bits per heavy atom. The van der Waals surface area contributed by atoms with Crippen LogP contribution in [-0.2, 0) is 4.79 Å². The van der Waals surface area contributed by atoms with E-state index >= 15 is 0 Å². The van der Waals surface area contributed by atoms with E-state index in [2.05, 4.69) is 4.42 Å². The summed E-state index contributed by atoms with van der Waals surface area (Å²) in [6, 6.07) is 5.13. The van der Waals surface area contributed by atoms with Crippen molar-refractivity contribution in [2.75, 3.05) is 0 Å². The van der Waals surface area contributed by atoms with Crippen molar-refractivity contribution in [3.63, 3.8) is 0 Å². The van der Waals surface area contributed by atoms with Crippen molar-refractivity contribution in [2.24, 2.45) is 0 Å². The maximum atomic E-state index is 8.08. The van der Waals surface area contributed by atoms with Crippen LogP contribution in [0, 0.1) is 11.3 Å². The van der Waals surface area contributed by atoms with E-state index in [4.69, 9.17) is 10.1 Å². The SMILES string of the molecule is C=O.N#Cc1ccco1. The number of carbonyl (C=O) groups excluding carboxylic acids is 1. The lowest BCUT2D eigenvalue weighted by Crippen LogP contribution is -1.54. The molecule has 3 heteroatoms. The van der Waals surface area contributed by atoms with Gasteiger partial charge in [-0.15, -0.1) is 0 Å². The van der Waals surface area contributed by atoms with Gasteiger partial charge in [-0.25, -0.2) is 0 Å². The average molecular weight is 123 g/mol. The first kappa shape index (κ1) is 7.44. The van der Waals surface area contributed by atoms with Crippen molar-refractivity contribution in [3.05, 3.63) is 24.2 Å². The van der Waals surface area contributed by atoms with Crippen LogP contribution in [0.4, 0.5) is 0 Å². The molecule has 1 heterocycles. The molecule has 3 nitrogen and oxygen atoms in total. The zero-order valence-corrected chi connectivity index (χ0v) is 4.70. The van der Waals surface area contributed by atoms with E-state index in [1.165, 1.54) is 6.26 Å². The lowest BCUT2D eigenvalue weighted by molar-refractivity contribution is -0.0979. The Kier molecular flexibility index (Phi) is 3.80. The summed E-state index contributed by atoms with van der Waals surface area (Å²) < 4.78 is 4.62. The molecule has 0 aromatic carbocycles. The third-order valence-electron chi connectivity index (χ3n) is 0.631. The van der Waals surface area contributed by atoms with Crippen molar-refractivity contribution >= 4 is 6.79 Å². The second kappa shape index (κ2) is 4.60. The van der Waals surface area contributed by atoms with E-state index in [1.54, 1.807) is 12.1 Å². The van der Waals surface area contributed by atoms with E-state index < -0.39 is 0 Å². The largest absolute Gasteiger partial charge is 0.454 e. The van der Waals surface area contributed by atoms with Gasteiger partial charge in [0.05, 0.1) is 6.26 Å². The number of furan rings is 1. The molecule has 0 fully saturated rings. The Morgan fingerprint density at radius 3 is 2.56 bits per heavy atom. The van der Waals surface area contributed by atoms with Crippen LogP contribution in [-0.4, -0.2) is 6.79 Å². The summed E-state index contributed by atoms with van der Waals surface area (Å²) in [5.74, 6) is 0.361. The van der Waals surface area contributed by atoms with Gasteiger partial charge in [-0.05, 0) is 12.1 Å².